The van der Waals surface area contributed by atoms with Crippen molar-refractivity contribution in [1.82, 2.24) is 4.90 Å². The highest BCUT2D eigenvalue weighted by atomic mass is 16.3. The average molecular weight is 214 g/mol. The van der Waals surface area contributed by atoms with Gasteiger partial charge in [0.25, 0.3) is 0 Å². The van der Waals surface area contributed by atoms with Gasteiger partial charge in [0.15, 0.2) is 0 Å². The Bertz CT molecular complexity index is 209. The van der Waals surface area contributed by atoms with E-state index in [4.69, 9.17) is 5.73 Å². The summed E-state index contributed by atoms with van der Waals surface area (Å²) < 4.78 is 0. The summed E-state index contributed by atoms with van der Waals surface area (Å²) in [6.07, 6.45) is 4.12. The summed E-state index contributed by atoms with van der Waals surface area (Å²) in [5.74, 6) is 0.00204. The second kappa shape index (κ2) is 6.08. The number of hydrogen-bond donors (Lipinski definition) is 2. The van der Waals surface area contributed by atoms with Crippen molar-refractivity contribution in [3.63, 3.8) is 0 Å². The van der Waals surface area contributed by atoms with Crippen LogP contribution in [0.2, 0.25) is 0 Å². The van der Waals surface area contributed by atoms with E-state index in [2.05, 4.69) is 6.92 Å². The van der Waals surface area contributed by atoms with Crippen LogP contribution in [0.15, 0.2) is 0 Å². The van der Waals surface area contributed by atoms with E-state index in [-0.39, 0.29) is 18.1 Å². The predicted molar refractivity (Wildman–Crippen MR) is 59.3 cm³/mol. The van der Waals surface area contributed by atoms with Crippen LogP contribution in [-0.2, 0) is 4.79 Å². The number of carbonyl (C=O) groups excluding carboxylic acids is 1. The number of unbranched alkanes of at least 4 members (excludes halogenated alkanes) is 1. The number of amides is 1. The molecule has 4 nitrogen and oxygen atoms in total. The number of likely N-dealkylation sites (tertiary alicyclic amines) is 1. The van der Waals surface area contributed by atoms with Gasteiger partial charge in [0.05, 0.1) is 12.1 Å². The van der Waals surface area contributed by atoms with Gasteiger partial charge in [-0.25, -0.2) is 0 Å². The Morgan fingerprint density at radius 1 is 1.67 bits per heavy atom. The number of β-amino-alcohol motifs (C(OH)–C–C–N with tert-alkyl or cyclic N) is 1. The first-order valence-electron chi connectivity index (χ1n) is 5.87. The number of nitrogens with two attached hydrogens (primary N) is 1. The number of hydrogen-bond acceptors (Lipinski definition) is 3. The van der Waals surface area contributed by atoms with Gasteiger partial charge in [0, 0.05) is 13.1 Å². The van der Waals surface area contributed by atoms with E-state index in [1.807, 2.05) is 0 Å². The fourth-order valence-corrected chi connectivity index (χ4v) is 1.94. The van der Waals surface area contributed by atoms with Gasteiger partial charge in [-0.05, 0) is 19.3 Å². The topological polar surface area (TPSA) is 66.6 Å². The maximum Gasteiger partial charge on any atom is 0.239 e. The molecule has 0 aromatic carbocycles. The van der Waals surface area contributed by atoms with Crippen molar-refractivity contribution in [2.24, 2.45) is 5.73 Å². The highest BCUT2D eigenvalue weighted by molar-refractivity contribution is 5.81. The molecule has 0 bridgehead atoms. The van der Waals surface area contributed by atoms with Crippen LogP contribution in [0.25, 0.3) is 0 Å². The third kappa shape index (κ3) is 3.80. The van der Waals surface area contributed by atoms with Crippen LogP contribution < -0.4 is 5.73 Å². The highest BCUT2D eigenvalue weighted by Gasteiger charge is 2.25. The normalized spacial score (nSPS) is 23.9. The van der Waals surface area contributed by atoms with E-state index in [1.54, 1.807) is 4.90 Å². The van der Waals surface area contributed by atoms with Crippen LogP contribution in [0, 0.1) is 0 Å². The van der Waals surface area contributed by atoms with Crippen molar-refractivity contribution in [3.05, 3.63) is 0 Å². The van der Waals surface area contributed by atoms with Crippen LogP contribution in [0.5, 0.6) is 0 Å². The molecule has 0 saturated carbocycles. The molecule has 1 rings (SSSR count). The van der Waals surface area contributed by atoms with Crippen molar-refractivity contribution in [2.75, 3.05) is 13.1 Å². The van der Waals surface area contributed by atoms with E-state index in [9.17, 15) is 9.90 Å². The fourth-order valence-electron chi connectivity index (χ4n) is 1.94. The molecule has 15 heavy (non-hydrogen) atoms. The van der Waals surface area contributed by atoms with E-state index in [0.29, 0.717) is 6.54 Å². The smallest absolute Gasteiger partial charge is 0.239 e. The lowest BCUT2D eigenvalue weighted by molar-refractivity contribution is -0.135. The van der Waals surface area contributed by atoms with E-state index >= 15 is 0 Å². The van der Waals surface area contributed by atoms with Gasteiger partial charge in [0.1, 0.15) is 0 Å². The lowest BCUT2D eigenvalue weighted by Gasteiger charge is -2.31. The molecule has 4 heteroatoms. The number of rotatable bonds is 4. The number of aliphatic hydroxyl groups is 1. The molecular weight excluding hydrogens is 192 g/mol. The monoisotopic (exact) mass is 214 g/mol. The Hall–Kier alpha value is -0.610. The third-order valence-corrected chi connectivity index (χ3v) is 2.89. The molecule has 0 unspecified atom stereocenters. The summed E-state index contributed by atoms with van der Waals surface area (Å²) in [7, 11) is 0. The van der Waals surface area contributed by atoms with Crippen LogP contribution in [-0.4, -0.2) is 41.1 Å². The maximum absolute atomic E-state index is 11.8. The lowest BCUT2D eigenvalue weighted by Crippen LogP contribution is -2.49. The number of nitrogens with zero attached hydrogens (tertiary/aromatic N) is 1. The van der Waals surface area contributed by atoms with Crippen LogP contribution in [0.3, 0.4) is 0 Å². The minimum absolute atomic E-state index is 0.00204. The molecule has 1 heterocycles. The van der Waals surface area contributed by atoms with Crippen LogP contribution >= 0.6 is 0 Å². The zero-order valence-electron chi connectivity index (χ0n) is 9.48. The van der Waals surface area contributed by atoms with Crippen LogP contribution in [0.4, 0.5) is 0 Å². The molecule has 0 spiro atoms. The van der Waals surface area contributed by atoms with Gasteiger partial charge in [-0.2, -0.15) is 0 Å². The summed E-state index contributed by atoms with van der Waals surface area (Å²) in [5, 5.41) is 9.45. The molecule has 3 N–H and O–H groups in total. The Balaban J connectivity index is 2.37. The van der Waals surface area contributed by atoms with Gasteiger partial charge >= 0.3 is 0 Å². The SMILES string of the molecule is CCCC[C@H](N)C(=O)N1CCC[C@H](O)C1. The first kappa shape index (κ1) is 12.5. The minimum atomic E-state index is -0.379. The molecule has 1 aliphatic heterocycles. The zero-order valence-corrected chi connectivity index (χ0v) is 9.48. The standard InChI is InChI=1S/C11H22N2O2/c1-2-3-6-10(12)11(15)13-7-4-5-9(14)8-13/h9-10,14H,2-8,12H2,1H3/t9-,10-/m0/s1. The maximum atomic E-state index is 11.8. The Kier molecular flexibility index (Phi) is 5.05. The van der Waals surface area contributed by atoms with Crippen molar-refractivity contribution in [2.45, 2.75) is 51.2 Å². The molecule has 1 fully saturated rings. The molecule has 1 saturated heterocycles. The summed E-state index contributed by atoms with van der Waals surface area (Å²) in [6, 6.07) is -0.379. The van der Waals surface area contributed by atoms with Gasteiger partial charge in [-0.1, -0.05) is 19.8 Å². The lowest BCUT2D eigenvalue weighted by atomic mass is 10.1. The van der Waals surface area contributed by atoms with Crippen molar-refractivity contribution in [1.29, 1.82) is 0 Å². The summed E-state index contributed by atoms with van der Waals surface area (Å²) in [6.45, 7) is 3.29. The van der Waals surface area contributed by atoms with Crippen molar-refractivity contribution < 1.29 is 9.90 Å². The molecule has 0 aromatic heterocycles. The molecule has 0 radical (unpaired) electrons. The second-order valence-corrected chi connectivity index (χ2v) is 4.33. The first-order valence-corrected chi connectivity index (χ1v) is 5.87. The molecule has 0 aliphatic carbocycles. The van der Waals surface area contributed by atoms with Gasteiger partial charge in [0.2, 0.25) is 5.91 Å². The summed E-state index contributed by atoms with van der Waals surface area (Å²) in [5.41, 5.74) is 5.81. The highest BCUT2D eigenvalue weighted by Crippen LogP contribution is 2.12. The van der Waals surface area contributed by atoms with Gasteiger partial charge in [-0.3, -0.25) is 4.79 Å². The Morgan fingerprint density at radius 3 is 3.00 bits per heavy atom. The quantitative estimate of drug-likeness (QED) is 0.715. The predicted octanol–water partition coefficient (Wildman–Crippen LogP) is 0.487. The number of piperidine rings is 1. The van der Waals surface area contributed by atoms with Crippen molar-refractivity contribution >= 4 is 5.91 Å². The van der Waals surface area contributed by atoms with E-state index in [1.165, 1.54) is 0 Å². The Morgan fingerprint density at radius 2 is 2.40 bits per heavy atom. The molecule has 1 aliphatic rings. The molecule has 88 valence electrons. The molecule has 1 amide bonds. The largest absolute Gasteiger partial charge is 0.391 e. The van der Waals surface area contributed by atoms with Crippen molar-refractivity contribution in [3.8, 4) is 0 Å². The van der Waals surface area contributed by atoms with Gasteiger partial charge in [-0.15, -0.1) is 0 Å². The Labute approximate surface area is 91.4 Å². The minimum Gasteiger partial charge on any atom is -0.391 e. The summed E-state index contributed by atoms with van der Waals surface area (Å²) >= 11 is 0. The average Bonchev–Trinajstić information content (AvgIpc) is 2.24. The van der Waals surface area contributed by atoms with E-state index < -0.39 is 0 Å². The number of aliphatic hydroxyl groups excluding tert-OH is 1. The molecule has 2 atom stereocenters. The number of carbonyl (C=O) groups is 1. The zero-order chi connectivity index (χ0) is 11.3. The van der Waals surface area contributed by atoms with Gasteiger partial charge < -0.3 is 15.7 Å². The third-order valence-electron chi connectivity index (χ3n) is 2.89. The first-order chi connectivity index (χ1) is 7.15. The van der Waals surface area contributed by atoms with Crippen LogP contribution in [0.1, 0.15) is 39.0 Å². The summed E-state index contributed by atoms with van der Waals surface area (Å²) in [4.78, 5) is 13.5. The second-order valence-electron chi connectivity index (χ2n) is 4.33. The van der Waals surface area contributed by atoms with E-state index in [0.717, 1.165) is 38.6 Å². The molecular formula is C11H22N2O2. The molecule has 0 aromatic rings. The fraction of sp³-hybridized carbons (Fsp3) is 0.909.